The number of halogens is 1. The van der Waals surface area contributed by atoms with Gasteiger partial charge in [0.15, 0.2) is 11.6 Å². The molecule has 0 amide bonds. The second-order valence-corrected chi connectivity index (χ2v) is 5.51. The Hall–Kier alpha value is -2.66. The average molecular weight is 309 g/mol. The standard InChI is InChI=1S/C18H16FN3O/c19-14-7-6-12(10-16(14)23-13-4-2-1-3-5-13)17-18-15(8-9-20-17)21-11-22-18/h1-7,10-11,17,20H,8-9H2,(H,21,22)/t17-/m0/s1. The van der Waals surface area contributed by atoms with Crippen LogP contribution in [-0.4, -0.2) is 16.5 Å². The fraction of sp³-hybridized carbons (Fsp3) is 0.167. The minimum Gasteiger partial charge on any atom is -0.454 e. The Morgan fingerprint density at radius 2 is 2.00 bits per heavy atom. The van der Waals surface area contributed by atoms with E-state index in [1.807, 2.05) is 18.2 Å². The van der Waals surface area contributed by atoms with E-state index >= 15 is 0 Å². The third kappa shape index (κ3) is 2.71. The second-order valence-electron chi connectivity index (χ2n) is 5.51. The number of fused-ring (bicyclic) bond motifs is 1. The van der Waals surface area contributed by atoms with Crippen molar-refractivity contribution in [2.75, 3.05) is 6.54 Å². The Labute approximate surface area is 133 Å². The summed E-state index contributed by atoms with van der Waals surface area (Å²) in [4.78, 5) is 7.56. The maximum absolute atomic E-state index is 14.1. The Morgan fingerprint density at radius 3 is 2.87 bits per heavy atom. The van der Waals surface area contributed by atoms with Crippen LogP contribution in [0.3, 0.4) is 0 Å². The van der Waals surface area contributed by atoms with Gasteiger partial charge in [0, 0.05) is 18.7 Å². The van der Waals surface area contributed by atoms with Crippen molar-refractivity contribution in [2.45, 2.75) is 12.5 Å². The van der Waals surface area contributed by atoms with E-state index in [-0.39, 0.29) is 17.6 Å². The summed E-state index contributed by atoms with van der Waals surface area (Å²) in [5, 5.41) is 3.43. The maximum Gasteiger partial charge on any atom is 0.165 e. The van der Waals surface area contributed by atoms with Gasteiger partial charge < -0.3 is 15.0 Å². The van der Waals surface area contributed by atoms with Gasteiger partial charge in [-0.25, -0.2) is 9.37 Å². The number of nitrogens with one attached hydrogen (secondary N) is 2. The van der Waals surface area contributed by atoms with Crippen molar-refractivity contribution in [3.63, 3.8) is 0 Å². The van der Waals surface area contributed by atoms with Gasteiger partial charge in [-0.05, 0) is 29.8 Å². The third-order valence-electron chi connectivity index (χ3n) is 4.01. The lowest BCUT2D eigenvalue weighted by Crippen LogP contribution is -2.30. The number of ether oxygens (including phenoxy) is 1. The molecule has 0 unspecified atom stereocenters. The van der Waals surface area contributed by atoms with Gasteiger partial charge in [-0.2, -0.15) is 0 Å². The van der Waals surface area contributed by atoms with E-state index < -0.39 is 0 Å². The molecule has 23 heavy (non-hydrogen) atoms. The Bertz CT molecular complexity index is 816. The number of aromatic amines is 1. The summed E-state index contributed by atoms with van der Waals surface area (Å²) in [6, 6.07) is 14.1. The highest BCUT2D eigenvalue weighted by Gasteiger charge is 2.24. The van der Waals surface area contributed by atoms with Gasteiger partial charge in [0.25, 0.3) is 0 Å². The smallest absolute Gasteiger partial charge is 0.165 e. The summed E-state index contributed by atoms with van der Waals surface area (Å²) in [6.45, 7) is 0.853. The molecule has 0 bridgehead atoms. The van der Waals surface area contributed by atoms with Crippen LogP contribution < -0.4 is 10.1 Å². The molecule has 3 aromatic rings. The number of rotatable bonds is 3. The lowest BCUT2D eigenvalue weighted by atomic mass is 9.98. The zero-order valence-corrected chi connectivity index (χ0v) is 12.4. The molecule has 2 heterocycles. The van der Waals surface area contributed by atoms with Crippen LogP contribution in [0.5, 0.6) is 11.5 Å². The highest BCUT2D eigenvalue weighted by molar-refractivity contribution is 5.40. The summed E-state index contributed by atoms with van der Waals surface area (Å²) in [7, 11) is 0. The molecule has 0 saturated carbocycles. The van der Waals surface area contributed by atoms with Gasteiger partial charge in [-0.15, -0.1) is 0 Å². The first-order valence-corrected chi connectivity index (χ1v) is 7.59. The van der Waals surface area contributed by atoms with Crippen LogP contribution in [0.4, 0.5) is 4.39 Å². The van der Waals surface area contributed by atoms with Gasteiger partial charge >= 0.3 is 0 Å². The summed E-state index contributed by atoms with van der Waals surface area (Å²) in [5.41, 5.74) is 3.03. The molecule has 1 aliphatic heterocycles. The van der Waals surface area contributed by atoms with E-state index in [1.54, 1.807) is 30.6 Å². The lowest BCUT2D eigenvalue weighted by Gasteiger charge is -2.23. The minimum absolute atomic E-state index is 0.0521. The summed E-state index contributed by atoms with van der Waals surface area (Å²) < 4.78 is 19.8. The largest absolute Gasteiger partial charge is 0.454 e. The van der Waals surface area contributed by atoms with Crippen LogP contribution in [-0.2, 0) is 6.42 Å². The number of benzene rings is 2. The first kappa shape index (κ1) is 14.0. The molecule has 0 spiro atoms. The second kappa shape index (κ2) is 5.85. The van der Waals surface area contributed by atoms with Crippen molar-refractivity contribution < 1.29 is 9.13 Å². The number of hydrogen-bond acceptors (Lipinski definition) is 3. The zero-order chi connectivity index (χ0) is 15.6. The molecule has 0 saturated heterocycles. The third-order valence-corrected chi connectivity index (χ3v) is 4.01. The lowest BCUT2D eigenvalue weighted by molar-refractivity contribution is 0.439. The van der Waals surface area contributed by atoms with Crippen molar-refractivity contribution in [2.24, 2.45) is 0 Å². The normalized spacial score (nSPS) is 16.8. The van der Waals surface area contributed by atoms with Crippen LogP contribution in [0, 0.1) is 5.82 Å². The van der Waals surface area contributed by atoms with E-state index in [4.69, 9.17) is 4.74 Å². The number of H-pyrrole nitrogens is 1. The first-order valence-electron chi connectivity index (χ1n) is 7.59. The van der Waals surface area contributed by atoms with Gasteiger partial charge in [-0.1, -0.05) is 24.3 Å². The molecule has 5 heteroatoms. The van der Waals surface area contributed by atoms with E-state index in [2.05, 4.69) is 15.3 Å². The molecule has 1 aliphatic rings. The molecule has 116 valence electrons. The van der Waals surface area contributed by atoms with Gasteiger partial charge in [0.1, 0.15) is 5.75 Å². The fourth-order valence-electron chi connectivity index (χ4n) is 2.89. The highest BCUT2D eigenvalue weighted by Crippen LogP contribution is 2.31. The molecule has 2 N–H and O–H groups in total. The predicted molar refractivity (Wildman–Crippen MR) is 85.1 cm³/mol. The van der Waals surface area contributed by atoms with Crippen LogP contribution in [0.1, 0.15) is 23.0 Å². The van der Waals surface area contributed by atoms with Crippen LogP contribution in [0.2, 0.25) is 0 Å². The Balaban J connectivity index is 1.68. The number of para-hydroxylation sites is 1. The van der Waals surface area contributed by atoms with Gasteiger partial charge in [0.2, 0.25) is 0 Å². The molecular formula is C18H16FN3O. The van der Waals surface area contributed by atoms with Gasteiger partial charge in [-0.3, -0.25) is 0 Å². The first-order chi connectivity index (χ1) is 11.3. The molecule has 1 aromatic heterocycles. The number of aromatic nitrogens is 2. The van der Waals surface area contributed by atoms with E-state index in [0.29, 0.717) is 5.75 Å². The fourth-order valence-corrected chi connectivity index (χ4v) is 2.89. The van der Waals surface area contributed by atoms with Crippen molar-refractivity contribution in [1.29, 1.82) is 0 Å². The molecule has 4 nitrogen and oxygen atoms in total. The number of hydrogen-bond donors (Lipinski definition) is 2. The van der Waals surface area contributed by atoms with E-state index in [9.17, 15) is 4.39 Å². The van der Waals surface area contributed by atoms with E-state index in [0.717, 1.165) is 29.9 Å². The molecule has 4 rings (SSSR count). The SMILES string of the molecule is Fc1ccc([C@@H]2NCCc3[nH]cnc32)cc1Oc1ccccc1. The molecule has 0 radical (unpaired) electrons. The summed E-state index contributed by atoms with van der Waals surface area (Å²) in [6.07, 6.45) is 2.62. The monoisotopic (exact) mass is 309 g/mol. The molecule has 0 fully saturated rings. The highest BCUT2D eigenvalue weighted by atomic mass is 19.1. The quantitative estimate of drug-likeness (QED) is 0.777. The Kier molecular flexibility index (Phi) is 3.55. The predicted octanol–water partition coefficient (Wildman–Crippen LogP) is 3.58. The molecular weight excluding hydrogens is 293 g/mol. The van der Waals surface area contributed by atoms with Crippen LogP contribution in [0.15, 0.2) is 54.9 Å². The van der Waals surface area contributed by atoms with Crippen LogP contribution >= 0.6 is 0 Å². The van der Waals surface area contributed by atoms with E-state index in [1.165, 1.54) is 6.07 Å². The van der Waals surface area contributed by atoms with Crippen molar-refractivity contribution in [1.82, 2.24) is 15.3 Å². The summed E-state index contributed by atoms with van der Waals surface area (Å²) >= 11 is 0. The van der Waals surface area contributed by atoms with Crippen molar-refractivity contribution in [3.05, 3.63) is 77.6 Å². The molecule has 0 aliphatic carbocycles. The topological polar surface area (TPSA) is 49.9 Å². The number of nitrogens with zero attached hydrogens (tertiary/aromatic N) is 1. The molecule has 1 atom stereocenters. The number of imidazole rings is 1. The van der Waals surface area contributed by atoms with Crippen molar-refractivity contribution >= 4 is 0 Å². The van der Waals surface area contributed by atoms with Crippen LogP contribution in [0.25, 0.3) is 0 Å². The zero-order valence-electron chi connectivity index (χ0n) is 12.4. The van der Waals surface area contributed by atoms with Gasteiger partial charge in [0.05, 0.1) is 18.1 Å². The van der Waals surface area contributed by atoms with Crippen molar-refractivity contribution in [3.8, 4) is 11.5 Å². The molecule has 2 aromatic carbocycles. The maximum atomic E-state index is 14.1. The average Bonchev–Trinajstić information content (AvgIpc) is 3.06. The Morgan fingerprint density at radius 1 is 1.13 bits per heavy atom. The summed E-state index contributed by atoms with van der Waals surface area (Å²) in [5.74, 6) is 0.453. The minimum atomic E-state index is -0.379.